The van der Waals surface area contributed by atoms with Gasteiger partial charge in [0.1, 0.15) is 4.70 Å². The lowest BCUT2D eigenvalue weighted by atomic mass is 10.0. The van der Waals surface area contributed by atoms with Crippen LogP contribution in [0.3, 0.4) is 0 Å². The molecule has 3 heteroatoms. The van der Waals surface area contributed by atoms with Gasteiger partial charge in [-0.05, 0) is 41.6 Å². The number of nitrogens with one attached hydrogen (secondary N) is 1. The molecule has 4 aromatic rings. The largest absolute Gasteiger partial charge is 0.321 e. The van der Waals surface area contributed by atoms with E-state index in [1.165, 1.54) is 28.0 Å². The third-order valence-corrected chi connectivity index (χ3v) is 4.73. The van der Waals surface area contributed by atoms with Crippen LogP contribution in [-0.4, -0.2) is 4.98 Å². The van der Waals surface area contributed by atoms with Gasteiger partial charge in [0.05, 0.1) is 0 Å². The number of rotatable bonds is 1. The number of aromatic nitrogens is 1. The molecular weight excluding hydrogens is 278 g/mol. The number of hydrogen-bond acceptors (Lipinski definition) is 2. The van der Waals surface area contributed by atoms with Gasteiger partial charge < -0.3 is 4.98 Å². The van der Waals surface area contributed by atoms with Crippen molar-refractivity contribution in [2.24, 2.45) is 0 Å². The van der Waals surface area contributed by atoms with Crippen molar-refractivity contribution < 1.29 is 0 Å². The first-order chi connectivity index (χ1) is 10.2. The van der Waals surface area contributed by atoms with Crippen molar-refractivity contribution in [1.82, 2.24) is 4.98 Å². The molecule has 2 aromatic heterocycles. The van der Waals surface area contributed by atoms with E-state index >= 15 is 0 Å². The number of pyridine rings is 1. The lowest BCUT2D eigenvalue weighted by molar-refractivity contribution is 1.35. The first-order valence-corrected chi connectivity index (χ1v) is 7.71. The highest BCUT2D eigenvalue weighted by molar-refractivity contribution is 7.17. The summed E-state index contributed by atoms with van der Waals surface area (Å²) < 4.78 is 0.795. The van der Waals surface area contributed by atoms with Crippen molar-refractivity contribution in [1.29, 1.82) is 0 Å². The Kier molecular flexibility index (Phi) is 2.69. The summed E-state index contributed by atoms with van der Waals surface area (Å²) in [6, 6.07) is 16.7. The van der Waals surface area contributed by atoms with Crippen LogP contribution in [-0.2, 0) is 0 Å². The fraction of sp³-hybridized carbons (Fsp3) is 0.0556. The second-order valence-corrected chi connectivity index (χ2v) is 6.16. The van der Waals surface area contributed by atoms with Crippen LogP contribution in [0.5, 0.6) is 0 Å². The van der Waals surface area contributed by atoms with Gasteiger partial charge >= 0.3 is 0 Å². The number of aromatic amines is 1. The minimum atomic E-state index is -0.00409. The predicted octanol–water partition coefficient (Wildman–Crippen LogP) is 4.72. The van der Waals surface area contributed by atoms with Crippen molar-refractivity contribution in [3.63, 3.8) is 0 Å². The summed E-state index contributed by atoms with van der Waals surface area (Å²) in [4.78, 5) is 15.0. The zero-order valence-corrected chi connectivity index (χ0v) is 12.3. The molecule has 0 aliphatic carbocycles. The molecule has 0 spiro atoms. The third-order valence-electron chi connectivity index (χ3n) is 3.81. The molecule has 2 heterocycles. The summed E-state index contributed by atoms with van der Waals surface area (Å²) in [5, 5.41) is 4.11. The molecule has 0 atom stereocenters. The Morgan fingerprint density at radius 2 is 1.67 bits per heavy atom. The standard InChI is InChI=1S/C18H13NOS/c1-11-2-4-12(5-3-11)13-6-7-16-15(10-13)14-8-9-21-17(14)18(20)19-16/h2-10H,1H3,(H,19,20). The Balaban J connectivity index is 2.03. The number of H-pyrrole nitrogens is 1. The van der Waals surface area contributed by atoms with Gasteiger partial charge in [-0.3, -0.25) is 4.79 Å². The Morgan fingerprint density at radius 1 is 0.905 bits per heavy atom. The van der Waals surface area contributed by atoms with E-state index in [1.807, 2.05) is 17.5 Å². The van der Waals surface area contributed by atoms with Crippen LogP contribution in [0.25, 0.3) is 32.1 Å². The number of aryl methyl sites for hydroxylation is 1. The maximum Gasteiger partial charge on any atom is 0.266 e. The Labute approximate surface area is 125 Å². The predicted molar refractivity (Wildman–Crippen MR) is 90.1 cm³/mol. The average Bonchev–Trinajstić information content (AvgIpc) is 2.98. The highest BCUT2D eigenvalue weighted by Crippen LogP contribution is 2.29. The number of hydrogen-bond donors (Lipinski definition) is 1. The van der Waals surface area contributed by atoms with E-state index in [2.05, 4.69) is 48.3 Å². The number of benzene rings is 2. The van der Waals surface area contributed by atoms with E-state index in [1.54, 1.807) is 0 Å². The fourth-order valence-electron chi connectivity index (χ4n) is 2.68. The number of fused-ring (bicyclic) bond motifs is 3. The van der Waals surface area contributed by atoms with Crippen molar-refractivity contribution in [2.45, 2.75) is 6.92 Å². The van der Waals surface area contributed by atoms with Crippen molar-refractivity contribution >= 4 is 32.3 Å². The molecule has 0 aliphatic heterocycles. The van der Waals surface area contributed by atoms with Crippen LogP contribution < -0.4 is 5.56 Å². The molecule has 2 aromatic carbocycles. The van der Waals surface area contributed by atoms with Crippen molar-refractivity contribution in [2.75, 3.05) is 0 Å². The van der Waals surface area contributed by atoms with Crippen LogP contribution in [0.15, 0.2) is 58.7 Å². The first-order valence-electron chi connectivity index (χ1n) is 6.83. The highest BCUT2D eigenvalue weighted by atomic mass is 32.1. The average molecular weight is 291 g/mol. The van der Waals surface area contributed by atoms with Gasteiger partial charge in [0.2, 0.25) is 0 Å². The second kappa shape index (κ2) is 4.57. The smallest absolute Gasteiger partial charge is 0.266 e. The molecule has 2 nitrogen and oxygen atoms in total. The molecule has 0 fully saturated rings. The van der Waals surface area contributed by atoms with Crippen LogP contribution in [0.1, 0.15) is 5.56 Å². The summed E-state index contributed by atoms with van der Waals surface area (Å²) in [5.74, 6) is 0. The molecule has 0 saturated carbocycles. The van der Waals surface area contributed by atoms with Crippen molar-refractivity contribution in [3.05, 3.63) is 69.8 Å². The first kappa shape index (κ1) is 12.4. The third kappa shape index (κ3) is 1.98. The Morgan fingerprint density at radius 3 is 2.48 bits per heavy atom. The van der Waals surface area contributed by atoms with E-state index in [9.17, 15) is 4.79 Å². The molecule has 0 radical (unpaired) electrons. The molecule has 102 valence electrons. The molecule has 0 amide bonds. The summed E-state index contributed by atoms with van der Waals surface area (Å²) in [5.41, 5.74) is 4.50. The maximum absolute atomic E-state index is 12.0. The molecule has 0 aliphatic rings. The van der Waals surface area contributed by atoms with Gasteiger partial charge in [-0.2, -0.15) is 0 Å². The number of thiophene rings is 1. The van der Waals surface area contributed by atoms with Crippen LogP contribution in [0.4, 0.5) is 0 Å². The minimum Gasteiger partial charge on any atom is -0.321 e. The van der Waals surface area contributed by atoms with Crippen LogP contribution >= 0.6 is 11.3 Å². The summed E-state index contributed by atoms with van der Waals surface area (Å²) in [7, 11) is 0. The van der Waals surface area contributed by atoms with Gasteiger partial charge in [0, 0.05) is 16.3 Å². The van der Waals surface area contributed by atoms with E-state index < -0.39 is 0 Å². The van der Waals surface area contributed by atoms with Crippen LogP contribution in [0.2, 0.25) is 0 Å². The van der Waals surface area contributed by atoms with Gasteiger partial charge in [-0.1, -0.05) is 35.9 Å². The quantitative estimate of drug-likeness (QED) is 0.541. The second-order valence-electron chi connectivity index (χ2n) is 5.24. The Bertz CT molecular complexity index is 1010. The lowest BCUT2D eigenvalue weighted by Crippen LogP contribution is -2.03. The molecular formula is C18H13NOS. The molecule has 0 bridgehead atoms. The zero-order valence-electron chi connectivity index (χ0n) is 11.5. The summed E-state index contributed by atoms with van der Waals surface area (Å²) in [6.45, 7) is 2.09. The highest BCUT2D eigenvalue weighted by Gasteiger charge is 2.07. The van der Waals surface area contributed by atoms with E-state index in [0.717, 1.165) is 21.0 Å². The van der Waals surface area contributed by atoms with E-state index in [4.69, 9.17) is 0 Å². The van der Waals surface area contributed by atoms with Gasteiger partial charge in [-0.15, -0.1) is 11.3 Å². The lowest BCUT2D eigenvalue weighted by Gasteiger charge is -2.06. The monoisotopic (exact) mass is 291 g/mol. The molecule has 4 rings (SSSR count). The minimum absolute atomic E-state index is 0.00409. The van der Waals surface area contributed by atoms with E-state index in [-0.39, 0.29) is 5.56 Å². The van der Waals surface area contributed by atoms with Gasteiger partial charge in [0.15, 0.2) is 0 Å². The summed E-state index contributed by atoms with van der Waals surface area (Å²) in [6.07, 6.45) is 0. The van der Waals surface area contributed by atoms with Gasteiger partial charge in [0.25, 0.3) is 5.56 Å². The van der Waals surface area contributed by atoms with E-state index in [0.29, 0.717) is 0 Å². The summed E-state index contributed by atoms with van der Waals surface area (Å²) >= 11 is 1.49. The molecule has 1 N–H and O–H groups in total. The molecule has 0 saturated heterocycles. The maximum atomic E-state index is 12.0. The van der Waals surface area contributed by atoms with Gasteiger partial charge in [-0.25, -0.2) is 0 Å². The fourth-order valence-corrected chi connectivity index (χ4v) is 3.48. The Hall–Kier alpha value is -2.39. The van der Waals surface area contributed by atoms with Crippen LogP contribution in [0, 0.1) is 6.92 Å². The molecule has 0 unspecified atom stereocenters. The topological polar surface area (TPSA) is 32.9 Å². The normalized spacial score (nSPS) is 11.3. The SMILES string of the molecule is Cc1ccc(-c2ccc3[nH]c(=O)c4sccc4c3c2)cc1. The van der Waals surface area contributed by atoms with Crippen molar-refractivity contribution in [3.8, 4) is 11.1 Å². The molecule has 21 heavy (non-hydrogen) atoms. The zero-order chi connectivity index (χ0) is 14.4.